The second kappa shape index (κ2) is 9.59. The van der Waals surface area contributed by atoms with E-state index in [1.54, 1.807) is 12.3 Å². The highest BCUT2D eigenvalue weighted by Crippen LogP contribution is 2.16. The lowest BCUT2D eigenvalue weighted by Gasteiger charge is -2.22. The number of aryl methyl sites for hydroxylation is 1. The Kier molecular flexibility index (Phi) is 6.67. The third kappa shape index (κ3) is 5.12. The molecular weight excluding hydrogens is 356 g/mol. The molecule has 148 valence electrons. The number of aromatic amines is 1. The fourth-order valence-electron chi connectivity index (χ4n) is 2.62. The number of hydrogen-bond acceptors (Lipinski definition) is 5. The van der Waals surface area contributed by atoms with E-state index in [-0.39, 0.29) is 0 Å². The normalized spacial score (nSPS) is 11.5. The van der Waals surface area contributed by atoms with Gasteiger partial charge in [0.2, 0.25) is 5.82 Å². The van der Waals surface area contributed by atoms with Crippen LogP contribution in [0.4, 0.5) is 0 Å². The molecule has 2 heterocycles. The maximum atomic E-state index is 5.88. The van der Waals surface area contributed by atoms with Crippen LogP contribution in [-0.4, -0.2) is 52.8 Å². The van der Waals surface area contributed by atoms with Gasteiger partial charge in [-0.25, -0.2) is 9.98 Å². The number of H-pyrrole nitrogens is 1. The summed E-state index contributed by atoms with van der Waals surface area (Å²) in [6, 6.07) is 11.6. The number of benzene rings is 1. The number of guanidine groups is 1. The molecule has 0 saturated carbocycles. The molecule has 0 spiro atoms. The van der Waals surface area contributed by atoms with E-state index in [4.69, 9.17) is 9.15 Å². The van der Waals surface area contributed by atoms with Crippen LogP contribution in [0.15, 0.2) is 52.1 Å². The zero-order chi connectivity index (χ0) is 19.8. The first-order valence-corrected chi connectivity index (χ1v) is 9.30. The van der Waals surface area contributed by atoms with Gasteiger partial charge in [-0.2, -0.15) is 0 Å². The monoisotopic (exact) mass is 382 g/mol. The number of nitrogens with zero attached hydrogens (tertiary/aromatic N) is 4. The van der Waals surface area contributed by atoms with Crippen LogP contribution in [-0.2, 0) is 6.54 Å². The van der Waals surface area contributed by atoms with E-state index in [1.165, 1.54) is 0 Å². The summed E-state index contributed by atoms with van der Waals surface area (Å²) in [5.41, 5.74) is 1.13. The number of hydrogen-bond donors (Lipinski definition) is 2. The molecule has 3 rings (SSSR count). The van der Waals surface area contributed by atoms with Gasteiger partial charge in [0.25, 0.3) is 0 Å². The molecule has 0 fully saturated rings. The molecule has 0 amide bonds. The van der Waals surface area contributed by atoms with Crippen LogP contribution in [0.2, 0.25) is 0 Å². The Labute approximate surface area is 164 Å². The fraction of sp³-hybridized carbons (Fsp3) is 0.350. The topological polar surface area (TPSA) is 91.6 Å². The molecule has 2 N–H and O–H groups in total. The number of likely N-dealkylation sites (N-methyl/N-ethyl adjacent to an activating group) is 1. The van der Waals surface area contributed by atoms with Gasteiger partial charge < -0.3 is 19.4 Å². The van der Waals surface area contributed by atoms with Crippen molar-refractivity contribution in [2.75, 3.05) is 26.7 Å². The third-order valence-corrected chi connectivity index (χ3v) is 4.13. The summed E-state index contributed by atoms with van der Waals surface area (Å²) in [5, 5.41) is 10.4. The van der Waals surface area contributed by atoms with Gasteiger partial charge in [0, 0.05) is 13.6 Å². The second-order valence-electron chi connectivity index (χ2n) is 6.29. The molecule has 0 bridgehead atoms. The van der Waals surface area contributed by atoms with Crippen molar-refractivity contribution in [3.05, 3.63) is 54.0 Å². The molecule has 0 unspecified atom stereocenters. The number of aromatic nitrogens is 3. The average Bonchev–Trinajstić information content (AvgIpc) is 3.38. The van der Waals surface area contributed by atoms with Gasteiger partial charge in [0.1, 0.15) is 24.7 Å². The average molecular weight is 382 g/mol. The van der Waals surface area contributed by atoms with Crippen LogP contribution < -0.4 is 10.1 Å². The maximum absolute atomic E-state index is 5.88. The van der Waals surface area contributed by atoms with Crippen LogP contribution in [0, 0.1) is 6.92 Å². The number of ether oxygens (including phenoxy) is 1. The summed E-state index contributed by atoms with van der Waals surface area (Å²) in [5.74, 6) is 3.52. The Bertz CT molecular complexity index is 888. The molecule has 28 heavy (non-hydrogen) atoms. The zero-order valence-electron chi connectivity index (χ0n) is 16.5. The molecule has 8 heteroatoms. The van der Waals surface area contributed by atoms with E-state index in [2.05, 4.69) is 25.5 Å². The van der Waals surface area contributed by atoms with Crippen molar-refractivity contribution in [2.45, 2.75) is 20.4 Å². The van der Waals surface area contributed by atoms with Crippen LogP contribution in [0.5, 0.6) is 5.75 Å². The molecule has 0 saturated heterocycles. The lowest BCUT2D eigenvalue weighted by Crippen LogP contribution is -2.40. The van der Waals surface area contributed by atoms with Crippen molar-refractivity contribution >= 4 is 5.96 Å². The van der Waals surface area contributed by atoms with E-state index in [0.29, 0.717) is 37.1 Å². The molecule has 3 aromatic rings. The van der Waals surface area contributed by atoms with E-state index in [9.17, 15) is 0 Å². The number of rotatable bonds is 8. The van der Waals surface area contributed by atoms with E-state index < -0.39 is 0 Å². The molecular formula is C20H26N6O2. The summed E-state index contributed by atoms with van der Waals surface area (Å²) in [6.07, 6.45) is 1.60. The van der Waals surface area contributed by atoms with E-state index >= 15 is 0 Å². The van der Waals surface area contributed by atoms with Crippen molar-refractivity contribution in [2.24, 2.45) is 4.99 Å². The minimum Gasteiger partial charge on any atom is -0.491 e. The SMILES string of the molecule is CCNC(=NCc1nc(-c2ccco2)n[nH]1)N(C)CCOc1ccccc1C. The lowest BCUT2D eigenvalue weighted by atomic mass is 10.2. The molecule has 0 atom stereocenters. The van der Waals surface area contributed by atoms with Crippen molar-refractivity contribution in [3.8, 4) is 17.3 Å². The van der Waals surface area contributed by atoms with Crippen molar-refractivity contribution in [1.29, 1.82) is 0 Å². The summed E-state index contributed by atoms with van der Waals surface area (Å²) >= 11 is 0. The van der Waals surface area contributed by atoms with Gasteiger partial charge in [-0.3, -0.25) is 5.10 Å². The first-order chi connectivity index (χ1) is 13.7. The van der Waals surface area contributed by atoms with Gasteiger partial charge in [0.05, 0.1) is 12.8 Å². The summed E-state index contributed by atoms with van der Waals surface area (Å²) in [4.78, 5) is 11.1. The first-order valence-electron chi connectivity index (χ1n) is 9.30. The smallest absolute Gasteiger partial charge is 0.216 e. The van der Waals surface area contributed by atoms with Crippen LogP contribution in [0.3, 0.4) is 0 Å². The largest absolute Gasteiger partial charge is 0.491 e. The van der Waals surface area contributed by atoms with Crippen LogP contribution in [0.1, 0.15) is 18.3 Å². The Morgan fingerprint density at radius 3 is 2.89 bits per heavy atom. The number of aliphatic imine (C=N–C) groups is 1. The van der Waals surface area contributed by atoms with Crippen molar-refractivity contribution < 1.29 is 9.15 Å². The Morgan fingerprint density at radius 1 is 1.29 bits per heavy atom. The highest BCUT2D eigenvalue weighted by molar-refractivity contribution is 5.79. The Morgan fingerprint density at radius 2 is 2.14 bits per heavy atom. The summed E-state index contributed by atoms with van der Waals surface area (Å²) < 4.78 is 11.2. The number of furan rings is 1. The Hall–Kier alpha value is -3.29. The number of para-hydroxylation sites is 1. The van der Waals surface area contributed by atoms with Gasteiger partial charge in [0.15, 0.2) is 11.7 Å². The van der Waals surface area contributed by atoms with E-state index in [1.807, 2.05) is 56.1 Å². The molecule has 0 radical (unpaired) electrons. The predicted molar refractivity (Wildman–Crippen MR) is 108 cm³/mol. The standard InChI is InChI=1S/C20H26N6O2/c1-4-21-20(26(3)11-13-28-16-9-6-5-8-15(16)2)22-14-18-23-19(25-24-18)17-10-7-12-27-17/h5-10,12H,4,11,13-14H2,1-3H3,(H,21,22)(H,23,24,25). The van der Waals surface area contributed by atoms with E-state index in [0.717, 1.165) is 23.8 Å². The minimum atomic E-state index is 0.388. The molecule has 1 aromatic carbocycles. The first kappa shape index (κ1) is 19.5. The molecule has 0 aliphatic heterocycles. The number of nitrogens with one attached hydrogen (secondary N) is 2. The molecule has 0 aliphatic carbocycles. The van der Waals surface area contributed by atoms with Gasteiger partial charge in [-0.05, 0) is 37.6 Å². The minimum absolute atomic E-state index is 0.388. The second-order valence-corrected chi connectivity index (χ2v) is 6.29. The summed E-state index contributed by atoms with van der Waals surface area (Å²) in [6.45, 7) is 6.51. The lowest BCUT2D eigenvalue weighted by molar-refractivity contribution is 0.280. The molecule has 8 nitrogen and oxygen atoms in total. The van der Waals surface area contributed by atoms with Gasteiger partial charge >= 0.3 is 0 Å². The van der Waals surface area contributed by atoms with Crippen molar-refractivity contribution in [3.63, 3.8) is 0 Å². The Balaban J connectivity index is 1.56. The van der Waals surface area contributed by atoms with Crippen molar-refractivity contribution in [1.82, 2.24) is 25.4 Å². The fourth-order valence-corrected chi connectivity index (χ4v) is 2.62. The maximum Gasteiger partial charge on any atom is 0.216 e. The third-order valence-electron chi connectivity index (χ3n) is 4.13. The zero-order valence-corrected chi connectivity index (χ0v) is 16.5. The predicted octanol–water partition coefficient (Wildman–Crippen LogP) is 2.85. The molecule has 2 aromatic heterocycles. The molecule has 0 aliphatic rings. The van der Waals surface area contributed by atoms with Gasteiger partial charge in [-0.1, -0.05) is 18.2 Å². The van der Waals surface area contributed by atoms with Crippen LogP contribution in [0.25, 0.3) is 11.6 Å². The van der Waals surface area contributed by atoms with Gasteiger partial charge in [-0.15, -0.1) is 5.10 Å². The quantitative estimate of drug-likeness (QED) is 0.460. The highest BCUT2D eigenvalue weighted by Gasteiger charge is 2.10. The van der Waals surface area contributed by atoms with Crippen LogP contribution >= 0.6 is 0 Å². The highest BCUT2D eigenvalue weighted by atomic mass is 16.5. The summed E-state index contributed by atoms with van der Waals surface area (Å²) in [7, 11) is 1.98.